The molecular formula is C25H47N9O12. The highest BCUT2D eigenvalue weighted by molar-refractivity contribution is 5.92. The number of hydrogen-bond acceptors (Lipinski definition) is 17. The number of nitrogens with two attached hydrogens (primary N) is 7. The number of rotatable bonds is 11. The Kier molecular flexibility index (Phi) is 11.4. The number of aliphatic hydroxyl groups is 7. The van der Waals surface area contributed by atoms with Crippen molar-refractivity contribution in [2.24, 2.45) is 56.0 Å². The smallest absolute Gasteiger partial charge is 0.186 e. The molecule has 0 amide bonds. The van der Waals surface area contributed by atoms with E-state index in [4.69, 9.17) is 59.1 Å². The van der Waals surface area contributed by atoms with Gasteiger partial charge >= 0.3 is 0 Å². The number of ketones is 1. The molecule has 2 heterocycles. The molecule has 3 unspecified atom stereocenters. The summed E-state index contributed by atoms with van der Waals surface area (Å²) >= 11 is 0. The number of Topliss-reactive ketones (excluding diaryl/α,β-unsaturated/α-hetero) is 1. The molecule has 21 nitrogen and oxygen atoms in total. The first-order valence-corrected chi connectivity index (χ1v) is 14.8. The fraction of sp³-hybridized carbons (Fsp3) is 0.880. The summed E-state index contributed by atoms with van der Waals surface area (Å²) < 4.78 is 23.3. The molecule has 21 N–H and O–H groups in total. The third kappa shape index (κ3) is 7.37. The summed E-state index contributed by atoms with van der Waals surface area (Å²) in [6.07, 6.45) is -16.7. The Hall–Kier alpha value is -2.35. The average molecular weight is 666 g/mol. The second kappa shape index (κ2) is 14.4. The third-order valence-electron chi connectivity index (χ3n) is 8.98. The number of carbonyl (C=O) groups excluding carboxylic acids is 1. The van der Waals surface area contributed by atoms with E-state index in [-0.39, 0.29) is 25.3 Å². The maximum absolute atomic E-state index is 13.3. The highest BCUT2D eigenvalue weighted by Gasteiger charge is 2.60. The van der Waals surface area contributed by atoms with Gasteiger partial charge in [0, 0.05) is 25.4 Å². The molecule has 0 aromatic heterocycles. The van der Waals surface area contributed by atoms with Gasteiger partial charge in [-0.15, -0.1) is 0 Å². The van der Waals surface area contributed by atoms with Gasteiger partial charge in [-0.3, -0.25) is 4.79 Å². The van der Waals surface area contributed by atoms with E-state index >= 15 is 0 Å². The topological polar surface area (TPSA) is 402 Å². The fourth-order valence-corrected chi connectivity index (χ4v) is 6.26. The molecule has 264 valence electrons. The SMILES string of the molecule is NC[C@H]1O[C@H](OC2[C@@H](N)C[C@@H](CC(=O)C3(O)CC3N=C(N)N)[C@H](O[C@H]3O[C@H](CO)[C@@H](O)[C@H](N)[C@H]3O)[C@H]2O)[C@H](N=C(N)N)[C@@H](O)[C@@H]1O. The van der Waals surface area contributed by atoms with Gasteiger partial charge in [-0.1, -0.05) is 0 Å². The summed E-state index contributed by atoms with van der Waals surface area (Å²) in [5.74, 6) is -2.38. The van der Waals surface area contributed by atoms with Gasteiger partial charge in [0.2, 0.25) is 0 Å². The maximum Gasteiger partial charge on any atom is 0.186 e. The van der Waals surface area contributed by atoms with E-state index in [1.807, 2.05) is 0 Å². The number of guanidine groups is 2. The Morgan fingerprint density at radius 3 is 2.02 bits per heavy atom. The second-order valence-electron chi connectivity index (χ2n) is 12.3. The van der Waals surface area contributed by atoms with Gasteiger partial charge in [0.25, 0.3) is 0 Å². The van der Waals surface area contributed by atoms with Crippen molar-refractivity contribution in [3.05, 3.63) is 0 Å². The minimum absolute atomic E-state index is 0.0423. The Morgan fingerprint density at radius 2 is 1.43 bits per heavy atom. The molecule has 0 aromatic rings. The second-order valence-corrected chi connectivity index (χ2v) is 12.3. The molecule has 4 aliphatic rings. The van der Waals surface area contributed by atoms with Gasteiger partial charge in [0.1, 0.15) is 60.5 Å². The zero-order valence-corrected chi connectivity index (χ0v) is 24.9. The lowest BCUT2D eigenvalue weighted by molar-refractivity contribution is -0.323. The van der Waals surface area contributed by atoms with Gasteiger partial charge in [0.15, 0.2) is 30.3 Å². The number of aliphatic hydroxyl groups excluding tert-OH is 6. The first-order chi connectivity index (χ1) is 21.5. The van der Waals surface area contributed by atoms with Crippen LogP contribution in [0.3, 0.4) is 0 Å². The minimum Gasteiger partial charge on any atom is -0.394 e. The summed E-state index contributed by atoms with van der Waals surface area (Å²) in [7, 11) is 0. The molecule has 0 bridgehead atoms. The quantitative estimate of drug-likeness (QED) is 0.0719. The van der Waals surface area contributed by atoms with Crippen molar-refractivity contribution in [1.82, 2.24) is 0 Å². The number of carbonyl (C=O) groups is 1. The van der Waals surface area contributed by atoms with E-state index in [9.17, 15) is 40.5 Å². The van der Waals surface area contributed by atoms with Crippen LogP contribution in [0.5, 0.6) is 0 Å². The Labute approximate surface area is 263 Å². The van der Waals surface area contributed by atoms with E-state index in [0.717, 1.165) is 0 Å². The molecule has 2 saturated carbocycles. The standard InChI is InChI=1S/C25H47N9O12/c26-4-8-15(38)17(40)13(34-24(31)32)21(43-8)46-20-7(27)1-6(2-11(36)25(42)3-10(25)33-23(29)30)19(18(20)41)45-22-16(39)12(28)14(37)9(5-35)44-22/h6-10,12-22,35,37-42H,1-5,26-28H2,(H4,29,30,33)(H4,31,32,34)/t6-,7-,8+,9+,10?,12-,13+,14+,15+,16+,17+,18+,19-,20?,21+,22+,25?/m0/s1. The van der Waals surface area contributed by atoms with Crippen LogP contribution in [0.15, 0.2) is 9.98 Å². The number of nitrogens with zero attached hydrogens (tertiary/aromatic N) is 2. The molecule has 46 heavy (non-hydrogen) atoms. The van der Waals surface area contributed by atoms with Crippen molar-refractivity contribution in [3.8, 4) is 0 Å². The van der Waals surface area contributed by atoms with E-state index in [0.29, 0.717) is 0 Å². The first kappa shape index (κ1) is 36.5. The van der Waals surface area contributed by atoms with Gasteiger partial charge < -0.3 is 94.8 Å². The predicted molar refractivity (Wildman–Crippen MR) is 156 cm³/mol. The van der Waals surface area contributed by atoms with Crippen molar-refractivity contribution in [1.29, 1.82) is 0 Å². The van der Waals surface area contributed by atoms with Crippen LogP contribution in [0.25, 0.3) is 0 Å². The van der Waals surface area contributed by atoms with Crippen LogP contribution in [0, 0.1) is 5.92 Å². The van der Waals surface area contributed by atoms with E-state index in [2.05, 4.69) is 9.98 Å². The summed E-state index contributed by atoms with van der Waals surface area (Å²) in [6, 6.07) is -4.62. The third-order valence-corrected chi connectivity index (χ3v) is 8.98. The van der Waals surface area contributed by atoms with Crippen LogP contribution in [-0.2, 0) is 23.7 Å². The molecular weight excluding hydrogens is 618 g/mol. The van der Waals surface area contributed by atoms with Crippen LogP contribution < -0.4 is 40.1 Å². The Bertz CT molecular complexity index is 1130. The van der Waals surface area contributed by atoms with Crippen molar-refractivity contribution in [3.63, 3.8) is 0 Å². The van der Waals surface area contributed by atoms with Crippen molar-refractivity contribution in [2.75, 3.05) is 13.2 Å². The zero-order chi connectivity index (χ0) is 34.2. The molecule has 4 fully saturated rings. The van der Waals surface area contributed by atoms with E-state index < -0.39 is 128 Å². The van der Waals surface area contributed by atoms with Crippen LogP contribution in [0.2, 0.25) is 0 Å². The van der Waals surface area contributed by atoms with Gasteiger partial charge in [-0.05, 0) is 12.3 Å². The predicted octanol–water partition coefficient (Wildman–Crippen LogP) is -8.99. The molecule has 17 atom stereocenters. The lowest BCUT2D eigenvalue weighted by Gasteiger charge is -2.49. The average Bonchev–Trinajstić information content (AvgIpc) is 3.65. The van der Waals surface area contributed by atoms with Crippen LogP contribution in [0.4, 0.5) is 0 Å². The zero-order valence-electron chi connectivity index (χ0n) is 24.9. The van der Waals surface area contributed by atoms with Crippen molar-refractivity contribution in [2.45, 2.75) is 117 Å². The lowest BCUT2D eigenvalue weighted by atomic mass is 9.76. The summed E-state index contributed by atoms with van der Waals surface area (Å²) in [5, 5.41) is 74.3. The van der Waals surface area contributed by atoms with Crippen LogP contribution in [0.1, 0.15) is 19.3 Å². The molecule has 0 aromatic carbocycles. The normalized spacial score (nSPS) is 47.5. The Morgan fingerprint density at radius 1 is 0.826 bits per heavy atom. The fourth-order valence-electron chi connectivity index (χ4n) is 6.26. The summed E-state index contributed by atoms with van der Waals surface area (Å²) in [5.41, 5.74) is 38.0. The number of aliphatic imine (C=N–C) groups is 2. The highest BCUT2D eigenvalue weighted by atomic mass is 16.7. The molecule has 21 heteroatoms. The van der Waals surface area contributed by atoms with Gasteiger partial charge in [0.05, 0.1) is 24.8 Å². The molecule has 4 rings (SSSR count). The van der Waals surface area contributed by atoms with Gasteiger partial charge in [-0.25, -0.2) is 9.98 Å². The largest absolute Gasteiger partial charge is 0.394 e. The van der Waals surface area contributed by atoms with E-state index in [1.54, 1.807) is 0 Å². The number of ether oxygens (including phenoxy) is 4. The van der Waals surface area contributed by atoms with Crippen LogP contribution >= 0.6 is 0 Å². The molecule has 2 aliphatic carbocycles. The van der Waals surface area contributed by atoms with E-state index in [1.165, 1.54) is 0 Å². The van der Waals surface area contributed by atoms with Gasteiger partial charge in [-0.2, -0.15) is 0 Å². The highest BCUT2D eigenvalue weighted by Crippen LogP contribution is 2.43. The van der Waals surface area contributed by atoms with Crippen LogP contribution in [-0.4, -0.2) is 164 Å². The van der Waals surface area contributed by atoms with Crippen molar-refractivity contribution < 1.29 is 59.5 Å². The molecule has 0 spiro atoms. The molecule has 0 radical (unpaired) electrons. The Balaban J connectivity index is 1.62. The lowest BCUT2D eigenvalue weighted by Crippen LogP contribution is -2.66. The monoisotopic (exact) mass is 665 g/mol. The maximum atomic E-state index is 13.3. The molecule has 2 aliphatic heterocycles. The number of hydrogen-bond donors (Lipinski definition) is 14. The first-order valence-electron chi connectivity index (χ1n) is 14.8. The summed E-state index contributed by atoms with van der Waals surface area (Å²) in [6.45, 7) is -0.922. The van der Waals surface area contributed by atoms with Crippen molar-refractivity contribution >= 4 is 17.7 Å². The summed E-state index contributed by atoms with van der Waals surface area (Å²) in [4.78, 5) is 21.0. The molecule has 2 saturated heterocycles. The minimum atomic E-state index is -1.87.